The summed E-state index contributed by atoms with van der Waals surface area (Å²) >= 11 is 0. The van der Waals surface area contributed by atoms with Crippen LogP contribution in [0.5, 0.6) is 0 Å². The molecule has 0 bridgehead atoms. The predicted octanol–water partition coefficient (Wildman–Crippen LogP) is 5.09. The van der Waals surface area contributed by atoms with Gasteiger partial charge in [-0.3, -0.25) is 0 Å². The van der Waals surface area contributed by atoms with Gasteiger partial charge in [-0.15, -0.1) is 0 Å². The maximum Gasteiger partial charge on any atom is 0.421 e. The van der Waals surface area contributed by atoms with Gasteiger partial charge in [0.2, 0.25) is 5.95 Å². The lowest BCUT2D eigenvalue weighted by Gasteiger charge is -2.19. The molecule has 148 valence electrons. The lowest BCUT2D eigenvalue weighted by Crippen LogP contribution is -2.22. The largest absolute Gasteiger partial charge is 0.421 e. The van der Waals surface area contributed by atoms with Crippen LogP contribution in [0.1, 0.15) is 32.3 Å². The summed E-state index contributed by atoms with van der Waals surface area (Å²) in [5.41, 5.74) is -0.298. The fourth-order valence-corrected chi connectivity index (χ4v) is 3.35. The number of hydrogen-bond donors (Lipinski definition) is 2. The molecule has 0 saturated heterocycles. The van der Waals surface area contributed by atoms with Crippen LogP contribution in [0.15, 0.2) is 30.5 Å². The molecular formula is C18H24F3N4OP. The minimum absolute atomic E-state index is 0.0559. The highest BCUT2D eigenvalue weighted by Gasteiger charge is 2.35. The van der Waals surface area contributed by atoms with Gasteiger partial charge in [0.05, 0.1) is 0 Å². The van der Waals surface area contributed by atoms with Crippen LogP contribution < -0.4 is 15.9 Å². The molecular weight excluding hydrogens is 376 g/mol. The van der Waals surface area contributed by atoms with Crippen molar-refractivity contribution in [3.05, 3.63) is 36.0 Å². The van der Waals surface area contributed by atoms with Crippen LogP contribution in [0.4, 0.5) is 30.6 Å². The first-order chi connectivity index (χ1) is 12.5. The lowest BCUT2D eigenvalue weighted by atomic mass is 10.1. The second-order valence-electron chi connectivity index (χ2n) is 6.63. The zero-order valence-corrected chi connectivity index (χ0v) is 16.7. The Morgan fingerprint density at radius 3 is 2.19 bits per heavy atom. The molecule has 0 unspecified atom stereocenters. The van der Waals surface area contributed by atoms with E-state index in [-0.39, 0.29) is 17.8 Å². The predicted molar refractivity (Wildman–Crippen MR) is 104 cm³/mol. The van der Waals surface area contributed by atoms with E-state index < -0.39 is 18.9 Å². The van der Waals surface area contributed by atoms with E-state index in [0.29, 0.717) is 18.5 Å². The number of aromatic nitrogens is 2. The van der Waals surface area contributed by atoms with Gasteiger partial charge < -0.3 is 15.2 Å². The summed E-state index contributed by atoms with van der Waals surface area (Å²) in [6.07, 6.45) is -2.41. The first-order valence-corrected chi connectivity index (χ1v) is 11.3. The van der Waals surface area contributed by atoms with Crippen LogP contribution in [0.3, 0.4) is 0 Å². The molecule has 0 radical (unpaired) electrons. The molecule has 2 aromatic rings. The highest BCUT2D eigenvalue weighted by molar-refractivity contribution is 7.70. The Hall–Kier alpha value is -2.08. The van der Waals surface area contributed by atoms with Crippen molar-refractivity contribution in [3.8, 4) is 0 Å². The first kappa shape index (κ1) is 21.2. The van der Waals surface area contributed by atoms with Gasteiger partial charge in [0.25, 0.3) is 0 Å². The normalized spacial score (nSPS) is 12.3. The van der Waals surface area contributed by atoms with Gasteiger partial charge in [0.1, 0.15) is 18.5 Å². The Morgan fingerprint density at radius 1 is 1.11 bits per heavy atom. The van der Waals surface area contributed by atoms with E-state index in [1.807, 2.05) is 13.8 Å². The smallest absolute Gasteiger partial charge is 0.367 e. The van der Waals surface area contributed by atoms with Crippen LogP contribution in [-0.4, -0.2) is 29.3 Å². The Bertz CT molecular complexity index is 814. The van der Waals surface area contributed by atoms with E-state index in [1.54, 1.807) is 37.6 Å². The molecule has 2 N–H and O–H groups in total. The maximum atomic E-state index is 13.3. The number of rotatable bonds is 7. The van der Waals surface area contributed by atoms with E-state index in [0.717, 1.165) is 11.5 Å². The molecule has 0 aliphatic carbocycles. The third kappa shape index (κ3) is 5.70. The minimum Gasteiger partial charge on any atom is -0.367 e. The fourth-order valence-electron chi connectivity index (χ4n) is 2.48. The molecule has 5 nitrogen and oxygen atoms in total. The van der Waals surface area contributed by atoms with Crippen LogP contribution in [0.2, 0.25) is 0 Å². The summed E-state index contributed by atoms with van der Waals surface area (Å²) in [7, 11) is -2.37. The number of hydrogen-bond acceptors (Lipinski definition) is 5. The van der Waals surface area contributed by atoms with Crippen molar-refractivity contribution >= 4 is 29.9 Å². The SMILES string of the molecule is CCC(CC)Nc1nc(Nc2ccc(P(C)(C)=O)cc2)ncc1C(F)(F)F. The van der Waals surface area contributed by atoms with Crippen molar-refractivity contribution in [1.29, 1.82) is 0 Å². The first-order valence-electron chi connectivity index (χ1n) is 8.68. The summed E-state index contributed by atoms with van der Waals surface area (Å²) in [5, 5.41) is 6.47. The van der Waals surface area contributed by atoms with Gasteiger partial charge in [0, 0.05) is 23.2 Å². The van der Waals surface area contributed by atoms with Crippen molar-refractivity contribution in [2.75, 3.05) is 24.0 Å². The molecule has 0 atom stereocenters. The number of benzene rings is 1. The summed E-state index contributed by atoms with van der Waals surface area (Å²) in [4.78, 5) is 7.83. The van der Waals surface area contributed by atoms with E-state index in [2.05, 4.69) is 20.6 Å². The lowest BCUT2D eigenvalue weighted by molar-refractivity contribution is -0.137. The Morgan fingerprint density at radius 2 is 1.70 bits per heavy atom. The van der Waals surface area contributed by atoms with Crippen molar-refractivity contribution in [2.24, 2.45) is 0 Å². The molecule has 0 fully saturated rings. The summed E-state index contributed by atoms with van der Waals surface area (Å²) in [5.74, 6) is -0.183. The number of halogens is 3. The Labute approximate surface area is 157 Å². The average molecular weight is 400 g/mol. The average Bonchev–Trinajstić information content (AvgIpc) is 2.58. The van der Waals surface area contributed by atoms with Crippen LogP contribution in [-0.2, 0) is 10.7 Å². The number of nitrogens with zero attached hydrogens (tertiary/aromatic N) is 2. The molecule has 1 heterocycles. The summed E-state index contributed by atoms with van der Waals surface area (Å²) in [6.45, 7) is 7.14. The number of alkyl halides is 3. The molecule has 0 amide bonds. The summed E-state index contributed by atoms with van der Waals surface area (Å²) in [6, 6.07) is 6.72. The monoisotopic (exact) mass is 400 g/mol. The quantitative estimate of drug-likeness (QED) is 0.634. The zero-order valence-electron chi connectivity index (χ0n) is 15.8. The second kappa shape index (κ2) is 8.30. The number of anilines is 3. The molecule has 0 saturated carbocycles. The molecule has 1 aromatic heterocycles. The molecule has 0 spiro atoms. The van der Waals surface area contributed by atoms with Crippen molar-refractivity contribution in [3.63, 3.8) is 0 Å². The van der Waals surface area contributed by atoms with E-state index in [1.165, 1.54) is 0 Å². The van der Waals surface area contributed by atoms with Crippen molar-refractivity contribution in [2.45, 2.75) is 38.9 Å². The third-order valence-corrected chi connectivity index (χ3v) is 5.71. The van der Waals surface area contributed by atoms with E-state index in [4.69, 9.17) is 0 Å². The third-order valence-electron chi connectivity index (χ3n) is 4.17. The van der Waals surface area contributed by atoms with Crippen molar-refractivity contribution < 1.29 is 17.7 Å². The number of nitrogens with one attached hydrogen (secondary N) is 2. The molecule has 9 heteroatoms. The van der Waals surface area contributed by atoms with E-state index in [9.17, 15) is 17.7 Å². The molecule has 0 aliphatic heterocycles. The van der Waals surface area contributed by atoms with Gasteiger partial charge in [-0.1, -0.05) is 13.8 Å². The Balaban J connectivity index is 2.31. The van der Waals surface area contributed by atoms with Gasteiger partial charge in [-0.25, -0.2) is 4.98 Å². The van der Waals surface area contributed by atoms with Gasteiger partial charge in [0.15, 0.2) is 0 Å². The molecule has 0 aliphatic rings. The highest BCUT2D eigenvalue weighted by atomic mass is 31.2. The molecule has 2 rings (SSSR count). The van der Waals surface area contributed by atoms with Gasteiger partial charge >= 0.3 is 6.18 Å². The maximum absolute atomic E-state index is 13.3. The standard InChI is InChI=1S/C18H24F3N4OP/c1-5-12(6-2)23-16-15(18(19,20)21)11-22-17(25-16)24-13-7-9-14(10-8-13)27(3,4)26/h7-12H,5-6H2,1-4H3,(H2,22,23,24,25). The molecule has 1 aromatic carbocycles. The van der Waals surface area contributed by atoms with Crippen molar-refractivity contribution in [1.82, 2.24) is 9.97 Å². The van der Waals surface area contributed by atoms with Crippen LogP contribution >= 0.6 is 7.14 Å². The molecule has 27 heavy (non-hydrogen) atoms. The zero-order chi connectivity index (χ0) is 20.2. The summed E-state index contributed by atoms with van der Waals surface area (Å²) < 4.78 is 51.8. The van der Waals surface area contributed by atoms with E-state index >= 15 is 0 Å². The van der Waals surface area contributed by atoms with Crippen LogP contribution in [0, 0.1) is 0 Å². The highest BCUT2D eigenvalue weighted by Crippen LogP contribution is 2.36. The topological polar surface area (TPSA) is 66.9 Å². The second-order valence-corrected chi connectivity index (χ2v) is 9.85. The Kier molecular flexibility index (Phi) is 6.52. The minimum atomic E-state index is -4.54. The fraction of sp³-hybridized carbons (Fsp3) is 0.444. The van der Waals surface area contributed by atoms with Crippen LogP contribution in [0.25, 0.3) is 0 Å². The van der Waals surface area contributed by atoms with Gasteiger partial charge in [-0.05, 0) is 50.4 Å². The van der Waals surface area contributed by atoms with Gasteiger partial charge in [-0.2, -0.15) is 18.2 Å².